The molecular formula is C61H108O6. The van der Waals surface area contributed by atoms with Crippen LogP contribution in [0.25, 0.3) is 0 Å². The van der Waals surface area contributed by atoms with E-state index in [1.54, 1.807) is 0 Å². The zero-order valence-corrected chi connectivity index (χ0v) is 44.4. The van der Waals surface area contributed by atoms with Crippen LogP contribution in [0.1, 0.15) is 290 Å². The van der Waals surface area contributed by atoms with Gasteiger partial charge in [-0.2, -0.15) is 0 Å². The van der Waals surface area contributed by atoms with Crippen LogP contribution in [0, 0.1) is 0 Å². The van der Waals surface area contributed by atoms with Gasteiger partial charge in [0.1, 0.15) is 13.2 Å². The zero-order chi connectivity index (χ0) is 48.6. The fraction of sp³-hybridized carbons (Fsp3) is 0.787. The second kappa shape index (κ2) is 55.7. The third kappa shape index (κ3) is 53.9. The van der Waals surface area contributed by atoms with Crippen molar-refractivity contribution in [1.82, 2.24) is 0 Å². The lowest BCUT2D eigenvalue weighted by Gasteiger charge is -2.18. The molecule has 0 fully saturated rings. The van der Waals surface area contributed by atoms with Crippen molar-refractivity contribution in [1.29, 1.82) is 0 Å². The van der Waals surface area contributed by atoms with Crippen molar-refractivity contribution in [2.45, 2.75) is 297 Å². The molecule has 0 aromatic rings. The molecule has 1 unspecified atom stereocenters. The van der Waals surface area contributed by atoms with E-state index in [0.717, 1.165) is 96.3 Å². The molecule has 0 N–H and O–H groups in total. The molecule has 0 radical (unpaired) electrons. The van der Waals surface area contributed by atoms with Crippen molar-refractivity contribution in [3.63, 3.8) is 0 Å². The van der Waals surface area contributed by atoms with E-state index < -0.39 is 6.10 Å². The van der Waals surface area contributed by atoms with Crippen LogP contribution in [-0.4, -0.2) is 37.2 Å². The molecule has 6 heteroatoms. The van der Waals surface area contributed by atoms with Gasteiger partial charge in [0.2, 0.25) is 0 Å². The van der Waals surface area contributed by atoms with Crippen molar-refractivity contribution in [3.8, 4) is 0 Å². The van der Waals surface area contributed by atoms with Gasteiger partial charge in [0.05, 0.1) is 0 Å². The average molecular weight is 938 g/mol. The molecule has 388 valence electrons. The second-order valence-corrected chi connectivity index (χ2v) is 19.2. The summed E-state index contributed by atoms with van der Waals surface area (Å²) in [5, 5.41) is 0. The number of carbonyl (C=O) groups is 3. The first-order chi connectivity index (χ1) is 33.0. The van der Waals surface area contributed by atoms with Gasteiger partial charge >= 0.3 is 17.9 Å². The molecule has 0 rings (SSSR count). The maximum absolute atomic E-state index is 12.7. The summed E-state index contributed by atoms with van der Waals surface area (Å²) >= 11 is 0. The minimum Gasteiger partial charge on any atom is -0.462 e. The summed E-state index contributed by atoms with van der Waals surface area (Å²) in [4.78, 5) is 37.8. The quantitative estimate of drug-likeness (QED) is 0.0262. The van der Waals surface area contributed by atoms with Crippen molar-refractivity contribution in [3.05, 3.63) is 60.8 Å². The summed E-state index contributed by atoms with van der Waals surface area (Å²) in [6, 6.07) is 0. The highest BCUT2D eigenvalue weighted by Crippen LogP contribution is 2.16. The molecule has 0 amide bonds. The lowest BCUT2D eigenvalue weighted by Crippen LogP contribution is -2.30. The topological polar surface area (TPSA) is 78.9 Å². The Morgan fingerprint density at radius 3 is 0.881 bits per heavy atom. The lowest BCUT2D eigenvalue weighted by molar-refractivity contribution is -0.167. The molecule has 1 atom stereocenters. The normalized spacial score (nSPS) is 12.5. The summed E-state index contributed by atoms with van der Waals surface area (Å²) < 4.78 is 16.7. The number of esters is 3. The van der Waals surface area contributed by atoms with Crippen LogP contribution in [0.4, 0.5) is 0 Å². The van der Waals surface area contributed by atoms with E-state index >= 15 is 0 Å². The SMILES string of the molecule is CCCC/C=C\C/C=C\CCCCCCCC(=O)OC(COC(=O)CCCCCCCC)COC(=O)CCCCCCCCCCCCCCCC/C=C\C/C=C\C/C=C\CCCCCCC. The van der Waals surface area contributed by atoms with Gasteiger partial charge in [0.15, 0.2) is 6.10 Å². The predicted molar refractivity (Wildman–Crippen MR) is 288 cm³/mol. The van der Waals surface area contributed by atoms with Gasteiger partial charge in [0.25, 0.3) is 0 Å². The molecule has 0 aromatic carbocycles. The number of rotatable bonds is 52. The fourth-order valence-electron chi connectivity index (χ4n) is 8.11. The zero-order valence-electron chi connectivity index (χ0n) is 44.4. The lowest BCUT2D eigenvalue weighted by atomic mass is 10.0. The van der Waals surface area contributed by atoms with Crippen LogP contribution in [-0.2, 0) is 28.6 Å². The Kier molecular flexibility index (Phi) is 53.3. The maximum Gasteiger partial charge on any atom is 0.306 e. The number of unbranched alkanes of at least 4 members (excludes halogenated alkanes) is 31. The van der Waals surface area contributed by atoms with Gasteiger partial charge in [-0.05, 0) is 83.5 Å². The summed E-state index contributed by atoms with van der Waals surface area (Å²) in [7, 11) is 0. The molecule has 0 heterocycles. The third-order valence-corrected chi connectivity index (χ3v) is 12.5. The Labute approximate surface area is 415 Å². The number of allylic oxidation sites excluding steroid dienone is 10. The number of hydrogen-bond acceptors (Lipinski definition) is 6. The minimum atomic E-state index is -0.777. The summed E-state index contributed by atoms with van der Waals surface area (Å²) in [6.45, 7) is 6.53. The molecule has 0 bridgehead atoms. The van der Waals surface area contributed by atoms with E-state index in [4.69, 9.17) is 14.2 Å². The third-order valence-electron chi connectivity index (χ3n) is 12.5. The van der Waals surface area contributed by atoms with Gasteiger partial charge < -0.3 is 14.2 Å². The van der Waals surface area contributed by atoms with E-state index in [9.17, 15) is 14.4 Å². The van der Waals surface area contributed by atoms with E-state index in [1.165, 1.54) is 154 Å². The van der Waals surface area contributed by atoms with E-state index in [2.05, 4.69) is 81.5 Å². The first-order valence-corrected chi connectivity index (χ1v) is 28.8. The van der Waals surface area contributed by atoms with Crippen LogP contribution in [0.15, 0.2) is 60.8 Å². The Balaban J connectivity index is 4.04. The summed E-state index contributed by atoms with van der Waals surface area (Å²) in [5.41, 5.74) is 0. The highest BCUT2D eigenvalue weighted by atomic mass is 16.6. The summed E-state index contributed by atoms with van der Waals surface area (Å²) in [6.07, 6.45) is 69.7. The first kappa shape index (κ1) is 64.1. The monoisotopic (exact) mass is 937 g/mol. The first-order valence-electron chi connectivity index (χ1n) is 28.8. The van der Waals surface area contributed by atoms with Crippen molar-refractivity contribution in [2.24, 2.45) is 0 Å². The minimum absolute atomic E-state index is 0.0786. The Bertz CT molecular complexity index is 1210. The van der Waals surface area contributed by atoms with Gasteiger partial charge in [-0.25, -0.2) is 0 Å². The molecule has 6 nitrogen and oxygen atoms in total. The van der Waals surface area contributed by atoms with E-state index in [1.807, 2.05) is 0 Å². The van der Waals surface area contributed by atoms with Crippen molar-refractivity contribution in [2.75, 3.05) is 13.2 Å². The van der Waals surface area contributed by atoms with Crippen LogP contribution < -0.4 is 0 Å². The molecule has 0 spiro atoms. The molecule has 67 heavy (non-hydrogen) atoms. The van der Waals surface area contributed by atoms with Gasteiger partial charge in [-0.1, -0.05) is 248 Å². The molecule has 0 saturated heterocycles. The number of carbonyl (C=O) groups excluding carboxylic acids is 3. The molecule has 0 aliphatic heterocycles. The molecule has 0 aliphatic carbocycles. The van der Waals surface area contributed by atoms with Crippen LogP contribution >= 0.6 is 0 Å². The predicted octanol–water partition coefficient (Wildman–Crippen LogP) is 19.2. The smallest absolute Gasteiger partial charge is 0.306 e. The standard InChI is InChI=1S/C61H108O6/c1-4-7-10-13-16-18-20-22-24-25-26-27-28-29-30-31-32-33-34-35-36-37-38-40-41-43-45-48-51-54-60(63)66-57-58(56-65-59(62)53-50-47-15-12-9-6-3)67-61(64)55-52-49-46-44-42-39-23-21-19-17-14-11-8-5-2/h14,17,20-23,25-26,28-29,58H,4-13,15-16,18-19,24,27,30-57H2,1-3H3/b17-14-,22-20-,23-21-,26-25-,29-28-. The highest BCUT2D eigenvalue weighted by molar-refractivity contribution is 5.71. The maximum atomic E-state index is 12.7. The Morgan fingerprint density at radius 2 is 0.552 bits per heavy atom. The van der Waals surface area contributed by atoms with Crippen LogP contribution in [0.5, 0.6) is 0 Å². The average Bonchev–Trinajstić information content (AvgIpc) is 3.33. The van der Waals surface area contributed by atoms with Crippen molar-refractivity contribution < 1.29 is 28.6 Å². The Morgan fingerprint density at radius 1 is 0.299 bits per heavy atom. The van der Waals surface area contributed by atoms with Gasteiger partial charge in [-0.15, -0.1) is 0 Å². The number of hydrogen-bond donors (Lipinski definition) is 0. The van der Waals surface area contributed by atoms with E-state index in [-0.39, 0.29) is 31.1 Å². The molecule has 0 aromatic heterocycles. The van der Waals surface area contributed by atoms with E-state index in [0.29, 0.717) is 19.3 Å². The van der Waals surface area contributed by atoms with Crippen molar-refractivity contribution >= 4 is 17.9 Å². The van der Waals surface area contributed by atoms with Crippen LogP contribution in [0.3, 0.4) is 0 Å². The van der Waals surface area contributed by atoms with Gasteiger partial charge in [-0.3, -0.25) is 14.4 Å². The highest BCUT2D eigenvalue weighted by Gasteiger charge is 2.19. The van der Waals surface area contributed by atoms with Gasteiger partial charge in [0, 0.05) is 19.3 Å². The molecule has 0 saturated carbocycles. The second-order valence-electron chi connectivity index (χ2n) is 19.2. The molecule has 0 aliphatic rings. The Hall–Kier alpha value is -2.89. The number of ether oxygens (including phenoxy) is 3. The fourth-order valence-corrected chi connectivity index (χ4v) is 8.11. The largest absolute Gasteiger partial charge is 0.462 e. The summed E-state index contributed by atoms with van der Waals surface area (Å²) in [5.74, 6) is -0.896. The van der Waals surface area contributed by atoms with Crippen LogP contribution in [0.2, 0.25) is 0 Å². The molecular weight excluding hydrogens is 829 g/mol.